The number of allylic oxidation sites excluding steroid dienone is 4. The van der Waals surface area contributed by atoms with Gasteiger partial charge >= 0.3 is 0 Å². The SMILES string of the molecule is O=C1CCCC2=C(CC=CC2)C1. The monoisotopic (exact) mass is 162 g/mol. The summed E-state index contributed by atoms with van der Waals surface area (Å²) in [7, 11) is 0. The van der Waals surface area contributed by atoms with Gasteiger partial charge in [-0.2, -0.15) is 0 Å². The summed E-state index contributed by atoms with van der Waals surface area (Å²) in [5, 5.41) is 0. The van der Waals surface area contributed by atoms with Gasteiger partial charge in [-0.1, -0.05) is 23.3 Å². The molecule has 0 saturated heterocycles. The highest BCUT2D eigenvalue weighted by Crippen LogP contribution is 2.29. The van der Waals surface area contributed by atoms with Crippen molar-refractivity contribution in [3.8, 4) is 0 Å². The number of ketones is 1. The van der Waals surface area contributed by atoms with Crippen LogP contribution in [-0.4, -0.2) is 5.78 Å². The van der Waals surface area contributed by atoms with Gasteiger partial charge < -0.3 is 0 Å². The Balaban J connectivity index is 2.18. The van der Waals surface area contributed by atoms with Gasteiger partial charge in [0, 0.05) is 12.8 Å². The fourth-order valence-electron chi connectivity index (χ4n) is 2.04. The molecule has 0 heterocycles. The lowest BCUT2D eigenvalue weighted by Crippen LogP contribution is -1.98. The molecule has 0 N–H and O–H groups in total. The lowest BCUT2D eigenvalue weighted by atomic mass is 9.93. The number of hydrogen-bond acceptors (Lipinski definition) is 1. The van der Waals surface area contributed by atoms with E-state index >= 15 is 0 Å². The molecule has 0 aromatic heterocycles. The third-order valence-corrected chi connectivity index (χ3v) is 2.74. The molecule has 0 saturated carbocycles. The summed E-state index contributed by atoms with van der Waals surface area (Å²) in [6, 6.07) is 0. The fourth-order valence-corrected chi connectivity index (χ4v) is 2.04. The minimum atomic E-state index is 0.440. The summed E-state index contributed by atoms with van der Waals surface area (Å²) in [4.78, 5) is 11.3. The van der Waals surface area contributed by atoms with E-state index in [1.54, 1.807) is 5.57 Å². The van der Waals surface area contributed by atoms with E-state index in [-0.39, 0.29) is 0 Å². The van der Waals surface area contributed by atoms with Gasteiger partial charge in [-0.15, -0.1) is 0 Å². The Hall–Kier alpha value is -0.850. The third kappa shape index (κ3) is 1.50. The second kappa shape index (κ2) is 3.26. The van der Waals surface area contributed by atoms with Gasteiger partial charge in [0.25, 0.3) is 0 Å². The minimum Gasteiger partial charge on any atom is -0.299 e. The highest BCUT2D eigenvalue weighted by molar-refractivity contribution is 5.81. The Morgan fingerprint density at radius 1 is 1.00 bits per heavy atom. The normalized spacial score (nSPS) is 23.8. The molecule has 0 fully saturated rings. The molecule has 0 aliphatic heterocycles. The van der Waals surface area contributed by atoms with Crippen molar-refractivity contribution in [1.82, 2.24) is 0 Å². The predicted octanol–water partition coefficient (Wildman–Crippen LogP) is 2.78. The first-order valence-corrected chi connectivity index (χ1v) is 4.73. The van der Waals surface area contributed by atoms with Crippen molar-refractivity contribution in [2.45, 2.75) is 38.5 Å². The predicted molar refractivity (Wildman–Crippen MR) is 48.9 cm³/mol. The van der Waals surface area contributed by atoms with E-state index in [4.69, 9.17) is 0 Å². The Morgan fingerprint density at radius 3 is 2.58 bits per heavy atom. The van der Waals surface area contributed by atoms with Crippen molar-refractivity contribution in [3.63, 3.8) is 0 Å². The molecular formula is C11H14O. The van der Waals surface area contributed by atoms with Crippen LogP contribution in [0.4, 0.5) is 0 Å². The van der Waals surface area contributed by atoms with Gasteiger partial charge in [-0.05, 0) is 25.7 Å². The van der Waals surface area contributed by atoms with Crippen molar-refractivity contribution >= 4 is 5.78 Å². The first kappa shape index (κ1) is 7.78. The van der Waals surface area contributed by atoms with Crippen LogP contribution in [0, 0.1) is 0 Å². The second-order valence-corrected chi connectivity index (χ2v) is 3.66. The summed E-state index contributed by atoms with van der Waals surface area (Å²) in [5.74, 6) is 0.440. The van der Waals surface area contributed by atoms with Crippen LogP contribution in [0.3, 0.4) is 0 Å². The fraction of sp³-hybridized carbons (Fsp3) is 0.545. The Labute approximate surface area is 73.2 Å². The molecule has 0 aromatic rings. The molecule has 2 rings (SSSR count). The summed E-state index contributed by atoms with van der Waals surface area (Å²) in [6.45, 7) is 0. The lowest BCUT2D eigenvalue weighted by Gasteiger charge is -2.12. The number of hydrogen-bond donors (Lipinski definition) is 0. The zero-order valence-electron chi connectivity index (χ0n) is 7.31. The summed E-state index contributed by atoms with van der Waals surface area (Å²) < 4.78 is 0. The zero-order chi connectivity index (χ0) is 8.39. The molecule has 2 aliphatic rings. The topological polar surface area (TPSA) is 17.1 Å². The quantitative estimate of drug-likeness (QED) is 0.500. The molecule has 12 heavy (non-hydrogen) atoms. The summed E-state index contributed by atoms with van der Waals surface area (Å²) in [5.41, 5.74) is 2.96. The van der Waals surface area contributed by atoms with E-state index in [1.165, 1.54) is 5.57 Å². The average Bonchev–Trinajstić information content (AvgIpc) is 2.25. The minimum absolute atomic E-state index is 0.440. The maximum Gasteiger partial charge on any atom is 0.136 e. The number of rotatable bonds is 0. The van der Waals surface area contributed by atoms with Gasteiger partial charge in [0.1, 0.15) is 5.78 Å². The molecule has 0 spiro atoms. The van der Waals surface area contributed by atoms with Crippen LogP contribution in [0.1, 0.15) is 38.5 Å². The van der Waals surface area contributed by atoms with Crippen molar-refractivity contribution in [1.29, 1.82) is 0 Å². The van der Waals surface area contributed by atoms with E-state index in [0.29, 0.717) is 5.78 Å². The van der Waals surface area contributed by atoms with E-state index in [1.807, 2.05) is 0 Å². The van der Waals surface area contributed by atoms with Crippen LogP contribution in [0.25, 0.3) is 0 Å². The number of carbonyl (C=O) groups excluding carboxylic acids is 1. The van der Waals surface area contributed by atoms with Crippen LogP contribution in [0.5, 0.6) is 0 Å². The van der Waals surface area contributed by atoms with Crippen LogP contribution < -0.4 is 0 Å². The number of carbonyl (C=O) groups is 1. The molecule has 2 aliphatic carbocycles. The molecule has 0 unspecified atom stereocenters. The first-order chi connectivity index (χ1) is 5.86. The highest BCUT2D eigenvalue weighted by atomic mass is 16.1. The van der Waals surface area contributed by atoms with Gasteiger partial charge in [-0.3, -0.25) is 4.79 Å². The van der Waals surface area contributed by atoms with E-state index in [9.17, 15) is 4.79 Å². The largest absolute Gasteiger partial charge is 0.299 e. The molecule has 0 radical (unpaired) electrons. The van der Waals surface area contributed by atoms with Crippen molar-refractivity contribution in [2.75, 3.05) is 0 Å². The van der Waals surface area contributed by atoms with E-state index in [0.717, 1.165) is 38.5 Å². The van der Waals surface area contributed by atoms with Crippen molar-refractivity contribution in [2.24, 2.45) is 0 Å². The van der Waals surface area contributed by atoms with Crippen LogP contribution in [0.2, 0.25) is 0 Å². The van der Waals surface area contributed by atoms with Crippen molar-refractivity contribution < 1.29 is 4.79 Å². The Bertz CT molecular complexity index is 258. The maximum absolute atomic E-state index is 11.3. The van der Waals surface area contributed by atoms with Gasteiger partial charge in [-0.25, -0.2) is 0 Å². The smallest absolute Gasteiger partial charge is 0.136 e. The van der Waals surface area contributed by atoms with Gasteiger partial charge in [0.05, 0.1) is 0 Å². The van der Waals surface area contributed by atoms with Gasteiger partial charge in [0.15, 0.2) is 0 Å². The lowest BCUT2D eigenvalue weighted by molar-refractivity contribution is -0.118. The van der Waals surface area contributed by atoms with Crippen LogP contribution >= 0.6 is 0 Å². The first-order valence-electron chi connectivity index (χ1n) is 4.73. The standard InChI is InChI=1S/C11H14O/c12-11-7-3-6-9-4-1-2-5-10(9)8-11/h1-2H,3-8H2. The second-order valence-electron chi connectivity index (χ2n) is 3.66. The summed E-state index contributed by atoms with van der Waals surface area (Å²) >= 11 is 0. The van der Waals surface area contributed by atoms with Crippen molar-refractivity contribution in [3.05, 3.63) is 23.3 Å². The third-order valence-electron chi connectivity index (χ3n) is 2.74. The van der Waals surface area contributed by atoms with Gasteiger partial charge in [0.2, 0.25) is 0 Å². The molecule has 0 atom stereocenters. The van der Waals surface area contributed by atoms with Crippen LogP contribution in [-0.2, 0) is 4.79 Å². The zero-order valence-corrected chi connectivity index (χ0v) is 7.31. The molecule has 0 aromatic carbocycles. The maximum atomic E-state index is 11.3. The van der Waals surface area contributed by atoms with E-state index in [2.05, 4.69) is 12.2 Å². The highest BCUT2D eigenvalue weighted by Gasteiger charge is 2.16. The summed E-state index contributed by atoms with van der Waals surface area (Å²) in [6.07, 6.45) is 10.3. The molecule has 64 valence electrons. The Morgan fingerprint density at radius 2 is 1.75 bits per heavy atom. The van der Waals surface area contributed by atoms with Crippen LogP contribution in [0.15, 0.2) is 23.3 Å². The average molecular weight is 162 g/mol. The Kier molecular flexibility index (Phi) is 2.11. The van der Waals surface area contributed by atoms with E-state index < -0.39 is 0 Å². The molecule has 1 nitrogen and oxygen atoms in total. The molecular weight excluding hydrogens is 148 g/mol. The molecule has 0 amide bonds. The molecule has 0 bridgehead atoms. The number of Topliss-reactive ketones (excluding diaryl/α,β-unsaturated/α-hetero) is 1. The molecule has 1 heteroatoms.